The summed E-state index contributed by atoms with van der Waals surface area (Å²) in [6.45, 7) is 2.84. The molecule has 1 aliphatic heterocycles. The average Bonchev–Trinajstić information content (AvgIpc) is 2.76. The van der Waals surface area contributed by atoms with Gasteiger partial charge in [0.25, 0.3) is 5.91 Å². The Morgan fingerprint density at radius 1 is 1.19 bits per heavy atom. The minimum absolute atomic E-state index is 0.0150. The van der Waals surface area contributed by atoms with Gasteiger partial charge in [-0.25, -0.2) is 21.6 Å². The van der Waals surface area contributed by atoms with Crippen LogP contribution in [0.3, 0.4) is 0 Å². The number of piperidine rings is 1. The van der Waals surface area contributed by atoms with Crippen molar-refractivity contribution >= 4 is 21.6 Å². The molecule has 1 N–H and O–H groups in total. The number of methoxy groups -OCH3 is 1. The zero-order chi connectivity index (χ0) is 23.5. The van der Waals surface area contributed by atoms with Crippen molar-refractivity contribution in [1.82, 2.24) is 4.31 Å². The molecule has 1 aliphatic rings. The predicted octanol–water partition coefficient (Wildman–Crippen LogP) is 4.18. The largest absolute Gasteiger partial charge is 0.385 e. The Bertz CT molecular complexity index is 1070. The monoisotopic (exact) mass is 470 g/mol. The van der Waals surface area contributed by atoms with Crippen LogP contribution in [0.1, 0.15) is 36.5 Å². The molecular formula is C22H25F3N2O4S. The molecule has 1 fully saturated rings. The molecule has 0 aromatic heterocycles. The number of carbonyl (C=O) groups is 1. The van der Waals surface area contributed by atoms with Crippen LogP contribution >= 0.6 is 0 Å². The molecular weight excluding hydrogens is 445 g/mol. The molecule has 2 aromatic rings. The van der Waals surface area contributed by atoms with E-state index in [0.717, 1.165) is 12.8 Å². The lowest BCUT2D eigenvalue weighted by atomic mass is 9.91. The molecule has 2 unspecified atom stereocenters. The molecule has 0 radical (unpaired) electrons. The van der Waals surface area contributed by atoms with Gasteiger partial charge >= 0.3 is 0 Å². The first-order valence-corrected chi connectivity index (χ1v) is 11.6. The lowest BCUT2D eigenvalue weighted by molar-refractivity contribution is 0.102. The molecule has 0 aliphatic carbocycles. The third-order valence-corrected chi connectivity index (χ3v) is 7.61. The van der Waals surface area contributed by atoms with Gasteiger partial charge in [0.05, 0.1) is 4.90 Å². The number of benzene rings is 2. The van der Waals surface area contributed by atoms with E-state index < -0.39 is 33.4 Å². The van der Waals surface area contributed by atoms with Gasteiger partial charge in [0.2, 0.25) is 10.0 Å². The molecule has 1 heterocycles. The second-order valence-corrected chi connectivity index (χ2v) is 9.76. The van der Waals surface area contributed by atoms with Gasteiger partial charge in [0.1, 0.15) is 0 Å². The lowest BCUT2D eigenvalue weighted by Crippen LogP contribution is -2.44. The fourth-order valence-corrected chi connectivity index (χ4v) is 5.62. The number of rotatable bonds is 7. The topological polar surface area (TPSA) is 75.7 Å². The fraction of sp³-hybridized carbons (Fsp3) is 0.409. The Hall–Kier alpha value is -2.43. The highest BCUT2D eigenvalue weighted by atomic mass is 32.2. The molecule has 0 bridgehead atoms. The highest BCUT2D eigenvalue weighted by Gasteiger charge is 2.34. The van der Waals surface area contributed by atoms with E-state index >= 15 is 0 Å². The molecule has 3 rings (SSSR count). The molecule has 32 heavy (non-hydrogen) atoms. The van der Waals surface area contributed by atoms with Crippen LogP contribution in [-0.4, -0.2) is 44.9 Å². The summed E-state index contributed by atoms with van der Waals surface area (Å²) in [6, 6.07) is 6.49. The van der Waals surface area contributed by atoms with Gasteiger partial charge in [0.15, 0.2) is 17.5 Å². The van der Waals surface area contributed by atoms with E-state index in [9.17, 15) is 26.4 Å². The molecule has 0 spiro atoms. The van der Waals surface area contributed by atoms with Gasteiger partial charge in [0, 0.05) is 49.7 Å². The number of nitrogens with one attached hydrogen (secondary N) is 1. The lowest BCUT2D eigenvalue weighted by Gasteiger charge is -2.36. The second-order valence-electron chi connectivity index (χ2n) is 7.87. The summed E-state index contributed by atoms with van der Waals surface area (Å²) >= 11 is 0. The fourth-order valence-electron chi connectivity index (χ4n) is 3.92. The minimum atomic E-state index is -3.85. The normalized spacial score (nSPS) is 19.7. The first kappa shape index (κ1) is 24.2. The van der Waals surface area contributed by atoms with Gasteiger partial charge in [-0.1, -0.05) is 6.07 Å². The second kappa shape index (κ2) is 10.0. The Morgan fingerprint density at radius 3 is 2.50 bits per heavy atom. The number of ether oxygens (including phenoxy) is 1. The number of anilines is 1. The summed E-state index contributed by atoms with van der Waals surface area (Å²) in [6.07, 6.45) is 2.30. The average molecular weight is 471 g/mol. The van der Waals surface area contributed by atoms with Crippen molar-refractivity contribution < 1.29 is 31.1 Å². The third kappa shape index (κ3) is 5.31. The summed E-state index contributed by atoms with van der Waals surface area (Å²) in [4.78, 5) is 12.5. The zero-order valence-electron chi connectivity index (χ0n) is 17.8. The van der Waals surface area contributed by atoms with Crippen LogP contribution in [0, 0.1) is 23.4 Å². The van der Waals surface area contributed by atoms with Crippen LogP contribution in [0.25, 0.3) is 0 Å². The van der Waals surface area contributed by atoms with E-state index in [2.05, 4.69) is 5.32 Å². The summed E-state index contributed by atoms with van der Waals surface area (Å²) in [5, 5.41) is 2.25. The summed E-state index contributed by atoms with van der Waals surface area (Å²) in [5.41, 5.74) is -0.301. The standard InChI is InChI=1S/C22H25F3N2O4S/c1-14-10-15(7-9-31-2)6-8-27(14)32(29,30)18-5-3-4-16(11-18)22(28)26-17-12-19(23)21(25)20(24)13-17/h3-5,11-15H,6-10H2,1-2H3,(H,26,28). The van der Waals surface area contributed by atoms with E-state index in [1.165, 1.54) is 28.6 Å². The van der Waals surface area contributed by atoms with Crippen molar-refractivity contribution in [3.05, 3.63) is 59.4 Å². The van der Waals surface area contributed by atoms with Crippen molar-refractivity contribution in [2.45, 2.75) is 37.1 Å². The summed E-state index contributed by atoms with van der Waals surface area (Å²) < 4.78 is 72.8. The quantitative estimate of drug-likeness (QED) is 0.616. The number of nitrogens with zero attached hydrogens (tertiary/aromatic N) is 1. The van der Waals surface area contributed by atoms with E-state index in [1.807, 2.05) is 6.92 Å². The number of sulfonamides is 1. The number of halogens is 3. The maximum absolute atomic E-state index is 13.4. The zero-order valence-corrected chi connectivity index (χ0v) is 18.6. The highest BCUT2D eigenvalue weighted by Crippen LogP contribution is 2.30. The van der Waals surface area contributed by atoms with E-state index in [1.54, 1.807) is 7.11 Å². The smallest absolute Gasteiger partial charge is 0.255 e. The molecule has 2 atom stereocenters. The Morgan fingerprint density at radius 2 is 1.88 bits per heavy atom. The highest BCUT2D eigenvalue weighted by molar-refractivity contribution is 7.89. The van der Waals surface area contributed by atoms with E-state index in [-0.39, 0.29) is 22.2 Å². The predicted molar refractivity (Wildman–Crippen MR) is 113 cm³/mol. The van der Waals surface area contributed by atoms with Crippen LogP contribution in [0.4, 0.5) is 18.9 Å². The van der Waals surface area contributed by atoms with Crippen LogP contribution in [0.2, 0.25) is 0 Å². The van der Waals surface area contributed by atoms with Crippen LogP contribution < -0.4 is 5.32 Å². The van der Waals surface area contributed by atoms with Crippen molar-refractivity contribution in [3.63, 3.8) is 0 Å². The van der Waals surface area contributed by atoms with Gasteiger partial charge < -0.3 is 10.1 Å². The number of amides is 1. The molecule has 6 nitrogen and oxygen atoms in total. The number of carbonyl (C=O) groups excluding carboxylic acids is 1. The first-order valence-electron chi connectivity index (χ1n) is 10.2. The Balaban J connectivity index is 1.77. The van der Waals surface area contributed by atoms with Crippen molar-refractivity contribution in [2.24, 2.45) is 5.92 Å². The molecule has 10 heteroatoms. The van der Waals surface area contributed by atoms with Gasteiger partial charge in [-0.15, -0.1) is 0 Å². The Kier molecular flexibility index (Phi) is 7.58. The van der Waals surface area contributed by atoms with E-state index in [4.69, 9.17) is 4.74 Å². The van der Waals surface area contributed by atoms with Gasteiger partial charge in [-0.2, -0.15) is 4.31 Å². The van der Waals surface area contributed by atoms with Crippen molar-refractivity contribution in [2.75, 3.05) is 25.6 Å². The maximum Gasteiger partial charge on any atom is 0.255 e. The van der Waals surface area contributed by atoms with Crippen molar-refractivity contribution in [3.8, 4) is 0 Å². The molecule has 2 aromatic carbocycles. The minimum Gasteiger partial charge on any atom is -0.385 e. The van der Waals surface area contributed by atoms with Crippen molar-refractivity contribution in [1.29, 1.82) is 0 Å². The van der Waals surface area contributed by atoms with Gasteiger partial charge in [-0.3, -0.25) is 4.79 Å². The summed E-state index contributed by atoms with van der Waals surface area (Å²) in [7, 11) is -2.22. The van der Waals surface area contributed by atoms with Crippen LogP contribution in [-0.2, 0) is 14.8 Å². The first-order chi connectivity index (χ1) is 15.1. The Labute approximate surface area is 185 Å². The summed E-state index contributed by atoms with van der Waals surface area (Å²) in [5.74, 6) is -4.93. The molecule has 174 valence electrons. The van der Waals surface area contributed by atoms with E-state index in [0.29, 0.717) is 37.6 Å². The molecule has 1 amide bonds. The molecule has 0 saturated carbocycles. The van der Waals surface area contributed by atoms with Crippen LogP contribution in [0.15, 0.2) is 41.3 Å². The SMILES string of the molecule is COCCC1CCN(S(=O)(=O)c2cccc(C(=O)Nc3cc(F)c(F)c(F)c3)c2)C(C)C1. The maximum atomic E-state index is 13.4. The third-order valence-electron chi connectivity index (χ3n) is 5.60. The number of hydrogen-bond donors (Lipinski definition) is 1. The molecule has 1 saturated heterocycles. The van der Waals surface area contributed by atoms with Crippen LogP contribution in [0.5, 0.6) is 0 Å². The number of hydrogen-bond acceptors (Lipinski definition) is 4. The van der Waals surface area contributed by atoms with Gasteiger partial charge in [-0.05, 0) is 50.3 Å².